The van der Waals surface area contributed by atoms with Gasteiger partial charge in [0, 0.05) is 5.75 Å². The number of aliphatic hydroxyl groups is 2. The van der Waals surface area contributed by atoms with Gasteiger partial charge in [-0.3, -0.25) is 0 Å². The maximum atomic E-state index is 9.65. The van der Waals surface area contributed by atoms with Gasteiger partial charge in [0.2, 0.25) is 0 Å². The van der Waals surface area contributed by atoms with E-state index in [0.717, 1.165) is 5.56 Å². The third-order valence-corrected chi connectivity index (χ3v) is 2.53. The first kappa shape index (κ1) is 12.1. The lowest BCUT2D eigenvalue weighted by atomic mass is 10.0. The minimum atomic E-state index is -0.918. The fourth-order valence-electron chi connectivity index (χ4n) is 1.25. The second kappa shape index (κ2) is 5.76. The van der Waals surface area contributed by atoms with E-state index in [4.69, 9.17) is 5.26 Å². The summed E-state index contributed by atoms with van der Waals surface area (Å²) < 4.78 is 0. The summed E-state index contributed by atoms with van der Waals surface area (Å²) in [5.41, 5.74) is 1.53. The highest BCUT2D eigenvalue weighted by atomic mass is 32.1. The van der Waals surface area contributed by atoms with Crippen molar-refractivity contribution in [1.82, 2.24) is 0 Å². The van der Waals surface area contributed by atoms with Gasteiger partial charge in [-0.1, -0.05) is 24.3 Å². The summed E-state index contributed by atoms with van der Waals surface area (Å²) in [4.78, 5) is 0. The second-order valence-corrected chi connectivity index (χ2v) is 3.64. The van der Waals surface area contributed by atoms with Gasteiger partial charge in [0.1, 0.15) is 6.10 Å². The lowest BCUT2D eigenvalue weighted by molar-refractivity contribution is 0.0337. The highest BCUT2D eigenvalue weighted by molar-refractivity contribution is 7.80. The normalized spacial score (nSPS) is 14.3. The Morgan fingerprint density at radius 2 is 1.87 bits per heavy atom. The van der Waals surface area contributed by atoms with Crippen molar-refractivity contribution in [2.45, 2.75) is 18.6 Å². The first-order chi connectivity index (χ1) is 7.19. The van der Waals surface area contributed by atoms with E-state index in [1.807, 2.05) is 6.07 Å². The van der Waals surface area contributed by atoms with E-state index in [-0.39, 0.29) is 5.75 Å². The van der Waals surface area contributed by atoms with E-state index < -0.39 is 12.2 Å². The van der Waals surface area contributed by atoms with Gasteiger partial charge in [0.05, 0.1) is 18.6 Å². The third kappa shape index (κ3) is 3.24. The van der Waals surface area contributed by atoms with Gasteiger partial charge in [0.15, 0.2) is 0 Å². The van der Waals surface area contributed by atoms with Gasteiger partial charge < -0.3 is 10.2 Å². The summed E-state index contributed by atoms with van der Waals surface area (Å²) in [5.74, 6) is 0.209. The van der Waals surface area contributed by atoms with Crippen molar-refractivity contribution in [3.63, 3.8) is 0 Å². The molecule has 0 saturated heterocycles. The fraction of sp³-hybridized carbons (Fsp3) is 0.364. The van der Waals surface area contributed by atoms with Crippen LogP contribution >= 0.6 is 12.6 Å². The van der Waals surface area contributed by atoms with Crippen LogP contribution in [0.5, 0.6) is 0 Å². The van der Waals surface area contributed by atoms with Gasteiger partial charge in [0.25, 0.3) is 0 Å². The topological polar surface area (TPSA) is 64.2 Å². The molecule has 15 heavy (non-hydrogen) atoms. The molecular weight excluding hydrogens is 210 g/mol. The molecule has 1 rings (SSSR count). The van der Waals surface area contributed by atoms with Gasteiger partial charge >= 0.3 is 0 Å². The monoisotopic (exact) mass is 223 g/mol. The van der Waals surface area contributed by atoms with Gasteiger partial charge in [-0.25, -0.2) is 0 Å². The Morgan fingerprint density at radius 1 is 1.27 bits per heavy atom. The molecule has 1 aromatic rings. The maximum absolute atomic E-state index is 9.65. The predicted octanol–water partition coefficient (Wildman–Crippen LogP) is 1.08. The molecule has 80 valence electrons. The number of thiol groups is 1. The quantitative estimate of drug-likeness (QED) is 0.669. The maximum Gasteiger partial charge on any atom is 0.106 e. The zero-order chi connectivity index (χ0) is 11.3. The fourth-order valence-corrected chi connectivity index (χ4v) is 1.45. The molecule has 2 atom stereocenters. The van der Waals surface area contributed by atoms with Crippen LogP contribution in [-0.2, 0) is 6.42 Å². The summed E-state index contributed by atoms with van der Waals surface area (Å²) in [6, 6.07) is 9.01. The van der Waals surface area contributed by atoms with Gasteiger partial charge in [-0.15, -0.1) is 0 Å². The van der Waals surface area contributed by atoms with Crippen LogP contribution in [0.25, 0.3) is 0 Å². The second-order valence-electron chi connectivity index (χ2n) is 3.27. The van der Waals surface area contributed by atoms with E-state index in [0.29, 0.717) is 12.0 Å². The number of aliphatic hydroxyl groups excluding tert-OH is 2. The van der Waals surface area contributed by atoms with Crippen molar-refractivity contribution in [3.05, 3.63) is 35.4 Å². The Morgan fingerprint density at radius 3 is 2.33 bits per heavy atom. The molecule has 3 nitrogen and oxygen atoms in total. The zero-order valence-corrected chi connectivity index (χ0v) is 9.06. The Bertz CT molecular complexity index is 345. The van der Waals surface area contributed by atoms with Crippen molar-refractivity contribution in [3.8, 4) is 6.07 Å². The summed E-state index contributed by atoms with van der Waals surface area (Å²) in [5, 5.41) is 27.5. The van der Waals surface area contributed by atoms with Crippen molar-refractivity contribution < 1.29 is 10.2 Å². The Hall–Kier alpha value is -1.02. The van der Waals surface area contributed by atoms with Gasteiger partial charge in [-0.2, -0.15) is 17.9 Å². The standard InChI is InChI=1S/C11H13NO2S/c12-6-5-8-1-3-9(4-2-8)11(14)10(13)7-15/h1-4,10-11,13-15H,5,7H2. The largest absolute Gasteiger partial charge is 0.389 e. The Balaban J connectivity index is 2.76. The zero-order valence-electron chi connectivity index (χ0n) is 8.17. The van der Waals surface area contributed by atoms with Crippen LogP contribution in [0, 0.1) is 11.3 Å². The summed E-state index contributed by atoms with van der Waals surface area (Å²) in [6.07, 6.45) is -1.43. The van der Waals surface area contributed by atoms with Crippen LogP contribution in [0.3, 0.4) is 0 Å². The van der Waals surface area contributed by atoms with E-state index in [1.54, 1.807) is 24.3 Å². The number of nitrogens with zero attached hydrogens (tertiary/aromatic N) is 1. The molecule has 2 unspecified atom stereocenters. The molecule has 2 N–H and O–H groups in total. The van der Waals surface area contributed by atoms with Crippen molar-refractivity contribution in [2.75, 3.05) is 5.75 Å². The van der Waals surface area contributed by atoms with E-state index in [2.05, 4.69) is 12.6 Å². The predicted molar refractivity (Wildman–Crippen MR) is 60.6 cm³/mol. The van der Waals surface area contributed by atoms with Crippen LogP contribution in [0.1, 0.15) is 17.2 Å². The Kier molecular flexibility index (Phi) is 4.63. The molecule has 4 heteroatoms. The van der Waals surface area contributed by atoms with Crippen molar-refractivity contribution in [2.24, 2.45) is 0 Å². The lowest BCUT2D eigenvalue weighted by Gasteiger charge is -2.16. The molecule has 0 aromatic heterocycles. The third-order valence-electron chi connectivity index (χ3n) is 2.16. The van der Waals surface area contributed by atoms with Crippen LogP contribution < -0.4 is 0 Å². The minimum absolute atomic E-state index is 0.209. The average Bonchev–Trinajstić information content (AvgIpc) is 2.28. The summed E-state index contributed by atoms with van der Waals surface area (Å²) >= 11 is 3.91. The van der Waals surface area contributed by atoms with Crippen LogP contribution in [0.2, 0.25) is 0 Å². The number of hydrogen-bond donors (Lipinski definition) is 3. The number of nitriles is 1. The molecule has 0 aliphatic rings. The van der Waals surface area contributed by atoms with Crippen molar-refractivity contribution >= 4 is 12.6 Å². The molecule has 0 saturated carbocycles. The highest BCUT2D eigenvalue weighted by Gasteiger charge is 2.16. The molecule has 0 radical (unpaired) electrons. The molecule has 0 amide bonds. The highest BCUT2D eigenvalue weighted by Crippen LogP contribution is 2.18. The van der Waals surface area contributed by atoms with Crippen LogP contribution in [-0.4, -0.2) is 22.1 Å². The first-order valence-corrected chi connectivity index (χ1v) is 5.25. The van der Waals surface area contributed by atoms with E-state index in [9.17, 15) is 10.2 Å². The smallest absolute Gasteiger partial charge is 0.106 e. The molecule has 0 aliphatic carbocycles. The van der Waals surface area contributed by atoms with Crippen LogP contribution in [0.4, 0.5) is 0 Å². The molecule has 0 spiro atoms. The molecule has 0 bridgehead atoms. The lowest BCUT2D eigenvalue weighted by Crippen LogP contribution is -2.19. The minimum Gasteiger partial charge on any atom is -0.389 e. The van der Waals surface area contributed by atoms with E-state index >= 15 is 0 Å². The molecule has 0 fully saturated rings. The number of benzene rings is 1. The molecular formula is C11H13NO2S. The molecule has 1 aromatic carbocycles. The average molecular weight is 223 g/mol. The number of rotatable bonds is 4. The number of hydrogen-bond acceptors (Lipinski definition) is 4. The molecule has 0 heterocycles. The first-order valence-electron chi connectivity index (χ1n) is 4.61. The van der Waals surface area contributed by atoms with E-state index in [1.165, 1.54) is 0 Å². The SMILES string of the molecule is N#CCc1ccc(C(O)C(O)CS)cc1. The molecule has 0 aliphatic heterocycles. The summed E-state index contributed by atoms with van der Waals surface area (Å²) in [6.45, 7) is 0. The van der Waals surface area contributed by atoms with Crippen molar-refractivity contribution in [1.29, 1.82) is 5.26 Å². The Labute approximate surface area is 94.4 Å². The van der Waals surface area contributed by atoms with Gasteiger partial charge in [-0.05, 0) is 11.1 Å². The van der Waals surface area contributed by atoms with Crippen LogP contribution in [0.15, 0.2) is 24.3 Å². The summed E-state index contributed by atoms with van der Waals surface area (Å²) in [7, 11) is 0.